The van der Waals surface area contributed by atoms with Gasteiger partial charge in [-0.05, 0) is 30.0 Å². The SMILES string of the molecule is C[C@@H]1CCCC[C@@H]1Nc1c(C(N)=O)cnn2cc(N=O)cc12. The van der Waals surface area contributed by atoms with Gasteiger partial charge in [-0.25, -0.2) is 4.52 Å². The molecule has 116 valence electrons. The Hall–Kier alpha value is -2.44. The lowest BCUT2D eigenvalue weighted by Gasteiger charge is -2.31. The van der Waals surface area contributed by atoms with Crippen molar-refractivity contribution in [1.82, 2.24) is 9.61 Å². The molecular formula is C15H19N5O2. The Kier molecular flexibility index (Phi) is 3.79. The van der Waals surface area contributed by atoms with Crippen molar-refractivity contribution in [2.45, 2.75) is 38.6 Å². The van der Waals surface area contributed by atoms with Crippen molar-refractivity contribution in [3.63, 3.8) is 0 Å². The Bertz CT molecular complexity index is 724. The summed E-state index contributed by atoms with van der Waals surface area (Å²) in [6, 6.07) is 1.89. The maximum atomic E-state index is 11.7. The molecule has 1 amide bonds. The van der Waals surface area contributed by atoms with Crippen LogP contribution in [0.1, 0.15) is 43.0 Å². The summed E-state index contributed by atoms with van der Waals surface area (Å²) in [5.41, 5.74) is 7.36. The van der Waals surface area contributed by atoms with Gasteiger partial charge in [0, 0.05) is 6.04 Å². The molecule has 2 aromatic heterocycles. The minimum absolute atomic E-state index is 0.272. The highest BCUT2D eigenvalue weighted by Crippen LogP contribution is 2.31. The molecule has 1 fully saturated rings. The van der Waals surface area contributed by atoms with Gasteiger partial charge in [0.25, 0.3) is 5.91 Å². The summed E-state index contributed by atoms with van der Waals surface area (Å²) < 4.78 is 1.54. The van der Waals surface area contributed by atoms with Crippen LogP contribution in [0.25, 0.3) is 5.52 Å². The molecule has 1 aliphatic carbocycles. The number of fused-ring (bicyclic) bond motifs is 1. The van der Waals surface area contributed by atoms with Crippen molar-refractivity contribution in [2.75, 3.05) is 5.32 Å². The Morgan fingerprint density at radius 3 is 2.91 bits per heavy atom. The number of nitrogens with zero attached hydrogens (tertiary/aromatic N) is 3. The Labute approximate surface area is 127 Å². The number of primary amides is 1. The van der Waals surface area contributed by atoms with E-state index in [1.54, 1.807) is 10.6 Å². The normalized spacial score (nSPS) is 21.7. The molecule has 1 aliphatic rings. The number of nitrogens with one attached hydrogen (secondary N) is 1. The number of nitroso groups, excluding NO2 is 1. The van der Waals surface area contributed by atoms with Gasteiger partial charge in [0.15, 0.2) is 0 Å². The summed E-state index contributed by atoms with van der Waals surface area (Å²) in [5, 5.41) is 10.5. The van der Waals surface area contributed by atoms with Gasteiger partial charge in [-0.2, -0.15) is 5.10 Å². The van der Waals surface area contributed by atoms with E-state index in [2.05, 4.69) is 22.5 Å². The Morgan fingerprint density at radius 2 is 2.23 bits per heavy atom. The maximum Gasteiger partial charge on any atom is 0.252 e. The van der Waals surface area contributed by atoms with E-state index < -0.39 is 5.91 Å². The second-order valence-corrected chi connectivity index (χ2v) is 5.93. The number of carbonyl (C=O) groups excluding carboxylic acids is 1. The zero-order valence-corrected chi connectivity index (χ0v) is 12.5. The molecule has 0 aromatic carbocycles. The van der Waals surface area contributed by atoms with E-state index in [9.17, 15) is 9.70 Å². The molecule has 0 radical (unpaired) electrons. The van der Waals surface area contributed by atoms with Gasteiger partial charge in [-0.3, -0.25) is 4.79 Å². The highest BCUT2D eigenvalue weighted by molar-refractivity contribution is 6.02. The van der Waals surface area contributed by atoms with E-state index in [0.717, 1.165) is 19.3 Å². The molecule has 0 spiro atoms. The summed E-state index contributed by atoms with van der Waals surface area (Å²) >= 11 is 0. The molecule has 3 rings (SSSR count). The quantitative estimate of drug-likeness (QED) is 0.847. The summed E-state index contributed by atoms with van der Waals surface area (Å²) in [7, 11) is 0. The number of aromatic nitrogens is 2. The van der Waals surface area contributed by atoms with Crippen LogP contribution >= 0.6 is 0 Å². The number of nitrogens with two attached hydrogens (primary N) is 1. The van der Waals surface area contributed by atoms with E-state index in [1.165, 1.54) is 18.8 Å². The number of rotatable bonds is 4. The molecule has 22 heavy (non-hydrogen) atoms. The topological polar surface area (TPSA) is 102 Å². The van der Waals surface area contributed by atoms with Crippen molar-refractivity contribution in [3.05, 3.63) is 28.9 Å². The fraction of sp³-hybridized carbons (Fsp3) is 0.467. The summed E-state index contributed by atoms with van der Waals surface area (Å²) in [6.07, 6.45) is 7.57. The van der Waals surface area contributed by atoms with E-state index in [4.69, 9.17) is 5.73 Å². The van der Waals surface area contributed by atoms with Crippen LogP contribution in [0.5, 0.6) is 0 Å². The monoisotopic (exact) mass is 301 g/mol. The number of anilines is 1. The largest absolute Gasteiger partial charge is 0.380 e. The number of hydrogen-bond acceptors (Lipinski definition) is 5. The molecule has 2 heterocycles. The smallest absolute Gasteiger partial charge is 0.252 e. The van der Waals surface area contributed by atoms with Crippen LogP contribution in [0.15, 0.2) is 23.6 Å². The highest BCUT2D eigenvalue weighted by Gasteiger charge is 2.24. The molecular weight excluding hydrogens is 282 g/mol. The lowest BCUT2D eigenvalue weighted by molar-refractivity contribution is 0.100. The van der Waals surface area contributed by atoms with Crippen LogP contribution in [0.4, 0.5) is 11.4 Å². The van der Waals surface area contributed by atoms with Gasteiger partial charge < -0.3 is 11.1 Å². The van der Waals surface area contributed by atoms with Crippen LogP contribution in [0, 0.1) is 10.8 Å². The van der Waals surface area contributed by atoms with Crippen LogP contribution in [0.3, 0.4) is 0 Å². The second kappa shape index (κ2) is 5.75. The van der Waals surface area contributed by atoms with Gasteiger partial charge in [0.1, 0.15) is 5.69 Å². The Balaban J connectivity index is 2.07. The molecule has 2 aromatic rings. The molecule has 2 atom stereocenters. The van der Waals surface area contributed by atoms with E-state index in [1.807, 2.05) is 0 Å². The number of amides is 1. The minimum atomic E-state index is -0.539. The highest BCUT2D eigenvalue weighted by atomic mass is 16.3. The lowest BCUT2D eigenvalue weighted by Crippen LogP contribution is -2.31. The standard InChI is InChI=1S/C15H19N5O2/c1-9-4-2-3-5-12(9)18-14-11(15(16)21)7-17-20-8-10(19-22)6-13(14)20/h6-9,12,18H,2-5H2,1H3,(H2,16,21)/t9-,12+/m1/s1. The molecule has 0 aliphatic heterocycles. The van der Waals surface area contributed by atoms with Gasteiger partial charge in [-0.1, -0.05) is 19.8 Å². The lowest BCUT2D eigenvalue weighted by atomic mass is 9.85. The first-order valence-electron chi connectivity index (χ1n) is 7.51. The van der Waals surface area contributed by atoms with Gasteiger partial charge >= 0.3 is 0 Å². The second-order valence-electron chi connectivity index (χ2n) is 5.93. The molecule has 1 saturated carbocycles. The third-order valence-electron chi connectivity index (χ3n) is 4.43. The molecule has 7 nitrogen and oxygen atoms in total. The third-order valence-corrected chi connectivity index (χ3v) is 4.43. The van der Waals surface area contributed by atoms with Crippen LogP contribution in [0.2, 0.25) is 0 Å². The van der Waals surface area contributed by atoms with Crippen molar-refractivity contribution >= 4 is 22.8 Å². The third kappa shape index (κ3) is 2.54. The molecule has 7 heteroatoms. The zero-order chi connectivity index (χ0) is 15.7. The summed E-state index contributed by atoms with van der Waals surface area (Å²) in [4.78, 5) is 22.5. The van der Waals surface area contributed by atoms with Crippen LogP contribution < -0.4 is 11.1 Å². The summed E-state index contributed by atoms with van der Waals surface area (Å²) in [5.74, 6) is -0.0240. The van der Waals surface area contributed by atoms with Crippen molar-refractivity contribution in [2.24, 2.45) is 16.8 Å². The number of hydrogen-bond donors (Lipinski definition) is 2. The van der Waals surface area contributed by atoms with Crippen molar-refractivity contribution in [3.8, 4) is 0 Å². The van der Waals surface area contributed by atoms with Gasteiger partial charge in [0.2, 0.25) is 0 Å². The average Bonchev–Trinajstić information content (AvgIpc) is 2.93. The molecule has 0 bridgehead atoms. The minimum Gasteiger partial charge on any atom is -0.380 e. The number of carbonyl (C=O) groups is 1. The van der Waals surface area contributed by atoms with E-state index in [0.29, 0.717) is 22.7 Å². The molecule has 3 N–H and O–H groups in total. The van der Waals surface area contributed by atoms with E-state index in [-0.39, 0.29) is 11.7 Å². The fourth-order valence-electron chi connectivity index (χ4n) is 3.15. The summed E-state index contributed by atoms with van der Waals surface area (Å²) in [6.45, 7) is 2.20. The van der Waals surface area contributed by atoms with Crippen molar-refractivity contribution < 1.29 is 4.79 Å². The first-order valence-corrected chi connectivity index (χ1v) is 7.51. The predicted molar refractivity (Wildman–Crippen MR) is 84.2 cm³/mol. The average molecular weight is 301 g/mol. The molecule has 0 unspecified atom stereocenters. The first-order chi connectivity index (χ1) is 10.6. The van der Waals surface area contributed by atoms with Gasteiger partial charge in [-0.15, -0.1) is 4.91 Å². The Morgan fingerprint density at radius 1 is 1.45 bits per heavy atom. The predicted octanol–water partition coefficient (Wildman–Crippen LogP) is 2.82. The molecule has 0 saturated heterocycles. The fourth-order valence-corrected chi connectivity index (χ4v) is 3.15. The van der Waals surface area contributed by atoms with Crippen molar-refractivity contribution in [1.29, 1.82) is 0 Å². The maximum absolute atomic E-state index is 11.7. The van der Waals surface area contributed by atoms with E-state index >= 15 is 0 Å². The first kappa shape index (κ1) is 14.5. The zero-order valence-electron chi connectivity index (χ0n) is 12.5. The van der Waals surface area contributed by atoms with Crippen LogP contribution in [-0.2, 0) is 0 Å². The van der Waals surface area contributed by atoms with Gasteiger partial charge in [0.05, 0.1) is 29.2 Å². The van der Waals surface area contributed by atoms with Crippen LogP contribution in [-0.4, -0.2) is 21.6 Å².